The van der Waals surface area contributed by atoms with Crippen molar-refractivity contribution in [3.8, 4) is 34.4 Å². The number of hydrogen-bond donors (Lipinski definition) is 0. The molecule has 0 radical (unpaired) electrons. The molecule has 2 aliphatic carbocycles. The summed E-state index contributed by atoms with van der Waals surface area (Å²) >= 11 is 0. The van der Waals surface area contributed by atoms with Crippen molar-refractivity contribution in [1.82, 2.24) is 0 Å². The van der Waals surface area contributed by atoms with Gasteiger partial charge in [-0.2, -0.15) is 10.5 Å². The van der Waals surface area contributed by atoms with Crippen LogP contribution < -0.4 is 0 Å². The van der Waals surface area contributed by atoms with Gasteiger partial charge < -0.3 is 0 Å². The average molecular weight is 725 g/mol. The first-order valence-electron chi connectivity index (χ1n) is 21.0. The molecule has 2 aliphatic rings. The fourth-order valence-electron chi connectivity index (χ4n) is 7.67. The first-order chi connectivity index (χ1) is 27.0. The fourth-order valence-corrected chi connectivity index (χ4v) is 7.67. The van der Waals surface area contributed by atoms with Gasteiger partial charge in [-0.05, 0) is 70.2 Å². The lowest BCUT2D eigenvalue weighted by Gasteiger charge is -2.25. The third-order valence-electron chi connectivity index (χ3n) is 11.3. The van der Waals surface area contributed by atoms with Gasteiger partial charge in [-0.25, -0.2) is 0 Å². The van der Waals surface area contributed by atoms with Crippen LogP contribution in [-0.2, 0) is 0 Å². The molecule has 0 aliphatic heterocycles. The maximum absolute atomic E-state index is 9.77. The summed E-state index contributed by atoms with van der Waals surface area (Å²) in [5, 5.41) is 19.5. The highest BCUT2D eigenvalue weighted by atomic mass is 14.4. The fraction of sp³-hybridized carbons (Fsp3) is 0.358. The molecule has 55 heavy (non-hydrogen) atoms. The van der Waals surface area contributed by atoms with Crippen LogP contribution in [-0.4, -0.2) is 0 Å². The van der Waals surface area contributed by atoms with E-state index in [0.29, 0.717) is 0 Å². The van der Waals surface area contributed by atoms with E-state index in [9.17, 15) is 10.5 Å². The number of nitriles is 2. The van der Waals surface area contributed by atoms with E-state index in [1.54, 1.807) is 0 Å². The normalized spacial score (nSPS) is 18.6. The number of unbranched alkanes of at least 4 members (excludes halogenated alkanes) is 9. The Hall–Kier alpha value is -5.18. The van der Waals surface area contributed by atoms with E-state index in [4.69, 9.17) is 0 Å². The van der Waals surface area contributed by atoms with Crippen LogP contribution in [0.2, 0.25) is 0 Å². The van der Waals surface area contributed by atoms with Crippen molar-refractivity contribution >= 4 is 11.1 Å². The Morgan fingerprint density at radius 2 is 0.745 bits per heavy atom. The van der Waals surface area contributed by atoms with E-state index < -0.39 is 0 Å². The molecule has 0 saturated carbocycles. The summed E-state index contributed by atoms with van der Waals surface area (Å²) in [6.45, 7) is 4.48. The minimum absolute atomic E-state index is 0.306. The molecule has 2 unspecified atom stereocenters. The second kappa shape index (κ2) is 21.6. The molecule has 2 nitrogen and oxygen atoms in total. The predicted octanol–water partition coefficient (Wildman–Crippen LogP) is 15.5. The third-order valence-corrected chi connectivity index (χ3v) is 11.3. The minimum Gasteiger partial charge on any atom is -0.197 e. The molecular weight excluding hydrogens is 665 g/mol. The quantitative estimate of drug-likeness (QED) is 0.102. The van der Waals surface area contributed by atoms with Crippen LogP contribution in [0.15, 0.2) is 146 Å². The van der Waals surface area contributed by atoms with E-state index in [0.717, 1.165) is 38.5 Å². The van der Waals surface area contributed by atoms with E-state index in [1.807, 2.05) is 12.1 Å². The molecule has 0 heterocycles. The van der Waals surface area contributed by atoms with Gasteiger partial charge in [0.15, 0.2) is 0 Å². The SMILES string of the molecule is CCCCCCCC1(C#N)C=CC(c2ccc(-c3ccccc3)cc2)=CC1.CCCCCCCCC1(C#N)C=CC(c2ccc(-c3ccccc3)cc2)=CC1. The average Bonchev–Trinajstić information content (AvgIpc) is 3.26. The molecule has 6 rings (SSSR count). The van der Waals surface area contributed by atoms with Crippen LogP contribution in [0.3, 0.4) is 0 Å². The molecule has 2 heteroatoms. The van der Waals surface area contributed by atoms with Crippen LogP contribution in [0, 0.1) is 33.5 Å². The van der Waals surface area contributed by atoms with Gasteiger partial charge in [-0.1, -0.05) is 230 Å². The Balaban J connectivity index is 0.000000211. The van der Waals surface area contributed by atoms with Gasteiger partial charge >= 0.3 is 0 Å². The smallest absolute Gasteiger partial charge is 0.0791 e. The zero-order valence-electron chi connectivity index (χ0n) is 33.4. The van der Waals surface area contributed by atoms with Crippen LogP contribution in [0.25, 0.3) is 33.4 Å². The summed E-state index contributed by atoms with van der Waals surface area (Å²) in [6.07, 6.45) is 30.6. The Morgan fingerprint density at radius 3 is 1.07 bits per heavy atom. The van der Waals surface area contributed by atoms with E-state index in [1.165, 1.54) is 102 Å². The standard InChI is InChI=1S/C27H31N.C26H29N/c1-2-3-4-5-6-10-19-27(22-28)20-17-26(18-21-27)25-15-13-24(14-16-25)23-11-8-7-9-12-23;1-2-3-4-5-9-18-26(21-27)19-16-25(17-20-26)24-14-12-23(13-15-24)22-10-7-6-8-11-22/h7-9,11-18,20H,2-6,10,19,21H2,1H3;6-8,10-17,19H,2-5,9,18,20H2,1H3. The Labute approximate surface area is 332 Å². The number of allylic oxidation sites excluding steroid dienone is 8. The Morgan fingerprint density at radius 1 is 0.418 bits per heavy atom. The molecular formula is C53H60N2. The molecule has 0 N–H and O–H groups in total. The summed E-state index contributed by atoms with van der Waals surface area (Å²) in [6, 6.07) is 43.5. The molecule has 0 bridgehead atoms. The van der Waals surface area contributed by atoms with E-state index in [-0.39, 0.29) is 10.8 Å². The third kappa shape index (κ3) is 12.2. The first-order valence-corrected chi connectivity index (χ1v) is 21.0. The van der Waals surface area contributed by atoms with Crippen LogP contribution in [0.5, 0.6) is 0 Å². The largest absolute Gasteiger partial charge is 0.197 e. The van der Waals surface area contributed by atoms with Crippen molar-refractivity contribution in [2.45, 2.75) is 110 Å². The van der Waals surface area contributed by atoms with Gasteiger partial charge in [0, 0.05) is 0 Å². The molecule has 2 atom stereocenters. The van der Waals surface area contributed by atoms with Crippen molar-refractivity contribution in [2.24, 2.45) is 10.8 Å². The van der Waals surface area contributed by atoms with Crippen molar-refractivity contribution in [3.63, 3.8) is 0 Å². The van der Waals surface area contributed by atoms with Gasteiger partial charge in [-0.15, -0.1) is 0 Å². The molecule has 0 aromatic heterocycles. The first kappa shape index (κ1) is 41.0. The lowest BCUT2D eigenvalue weighted by molar-refractivity contribution is 0.432. The lowest BCUT2D eigenvalue weighted by atomic mass is 9.76. The lowest BCUT2D eigenvalue weighted by Crippen LogP contribution is -2.17. The summed E-state index contributed by atoms with van der Waals surface area (Å²) in [4.78, 5) is 0. The highest BCUT2D eigenvalue weighted by molar-refractivity contribution is 5.78. The Bertz CT molecular complexity index is 1950. The van der Waals surface area contributed by atoms with Crippen LogP contribution in [0.1, 0.15) is 121 Å². The second-order valence-electron chi connectivity index (χ2n) is 15.5. The van der Waals surface area contributed by atoms with Crippen LogP contribution >= 0.6 is 0 Å². The predicted molar refractivity (Wildman–Crippen MR) is 235 cm³/mol. The number of hydrogen-bond acceptors (Lipinski definition) is 2. The van der Waals surface area contributed by atoms with Gasteiger partial charge in [0.05, 0.1) is 23.0 Å². The van der Waals surface area contributed by atoms with Crippen molar-refractivity contribution in [1.29, 1.82) is 10.5 Å². The van der Waals surface area contributed by atoms with Gasteiger partial charge in [0.2, 0.25) is 0 Å². The topological polar surface area (TPSA) is 47.6 Å². The molecule has 0 saturated heterocycles. The zero-order valence-corrected chi connectivity index (χ0v) is 33.4. The maximum atomic E-state index is 9.77. The summed E-state index contributed by atoms with van der Waals surface area (Å²) in [5.74, 6) is 0. The van der Waals surface area contributed by atoms with E-state index in [2.05, 4.69) is 160 Å². The van der Waals surface area contributed by atoms with E-state index >= 15 is 0 Å². The monoisotopic (exact) mass is 724 g/mol. The van der Waals surface area contributed by atoms with Crippen LogP contribution in [0.4, 0.5) is 0 Å². The second-order valence-corrected chi connectivity index (χ2v) is 15.5. The summed E-state index contributed by atoms with van der Waals surface area (Å²) in [5.41, 5.74) is 9.24. The molecule has 282 valence electrons. The zero-order chi connectivity index (χ0) is 38.6. The van der Waals surface area contributed by atoms with Gasteiger partial charge in [0.1, 0.15) is 0 Å². The summed E-state index contributed by atoms with van der Waals surface area (Å²) in [7, 11) is 0. The molecule has 0 amide bonds. The maximum Gasteiger partial charge on any atom is 0.0791 e. The van der Waals surface area contributed by atoms with Gasteiger partial charge in [-0.3, -0.25) is 0 Å². The van der Waals surface area contributed by atoms with Crippen molar-refractivity contribution in [2.75, 3.05) is 0 Å². The number of benzene rings is 4. The number of rotatable bonds is 17. The molecule has 4 aromatic rings. The molecule has 0 fully saturated rings. The Kier molecular flexibility index (Phi) is 16.1. The highest BCUT2D eigenvalue weighted by Crippen LogP contribution is 2.39. The highest BCUT2D eigenvalue weighted by Gasteiger charge is 2.29. The summed E-state index contributed by atoms with van der Waals surface area (Å²) < 4.78 is 0. The molecule has 0 spiro atoms. The van der Waals surface area contributed by atoms with Crippen molar-refractivity contribution in [3.05, 3.63) is 157 Å². The molecule has 4 aromatic carbocycles. The van der Waals surface area contributed by atoms with Crippen molar-refractivity contribution < 1.29 is 0 Å². The number of nitrogens with zero attached hydrogens (tertiary/aromatic N) is 2. The minimum atomic E-state index is -0.307. The van der Waals surface area contributed by atoms with Gasteiger partial charge in [0.25, 0.3) is 0 Å².